The third-order valence-electron chi connectivity index (χ3n) is 5.07. The Balaban J connectivity index is 1.49. The monoisotopic (exact) mass is 352 g/mol. The number of amides is 1. The van der Waals surface area contributed by atoms with Gasteiger partial charge in [-0.2, -0.15) is 0 Å². The highest BCUT2D eigenvalue weighted by Gasteiger charge is 2.15. The fourth-order valence-corrected chi connectivity index (χ4v) is 3.33. The van der Waals surface area contributed by atoms with E-state index in [1.807, 2.05) is 36.4 Å². The van der Waals surface area contributed by atoms with Crippen molar-refractivity contribution in [2.24, 2.45) is 5.92 Å². The second kappa shape index (κ2) is 8.75. The van der Waals surface area contributed by atoms with Crippen molar-refractivity contribution in [1.82, 2.24) is 0 Å². The van der Waals surface area contributed by atoms with Crippen LogP contribution in [0.1, 0.15) is 31.7 Å². The minimum atomic E-state index is 0.0346. The predicted octanol–water partition coefficient (Wildman–Crippen LogP) is 4.50. The van der Waals surface area contributed by atoms with Crippen molar-refractivity contribution in [3.63, 3.8) is 0 Å². The molecule has 0 atom stereocenters. The summed E-state index contributed by atoms with van der Waals surface area (Å²) in [4.78, 5) is 14.6. The average molecular weight is 352 g/mol. The van der Waals surface area contributed by atoms with Gasteiger partial charge in [0.15, 0.2) is 0 Å². The van der Waals surface area contributed by atoms with Gasteiger partial charge in [0.25, 0.3) is 0 Å². The number of rotatable bonds is 6. The van der Waals surface area contributed by atoms with Gasteiger partial charge in [0.1, 0.15) is 5.75 Å². The summed E-state index contributed by atoms with van der Waals surface area (Å²) in [6, 6.07) is 16.1. The molecule has 26 heavy (non-hydrogen) atoms. The van der Waals surface area contributed by atoms with Gasteiger partial charge in [0.05, 0.1) is 7.11 Å². The van der Waals surface area contributed by atoms with E-state index in [4.69, 9.17) is 4.74 Å². The maximum Gasteiger partial charge on any atom is 0.224 e. The van der Waals surface area contributed by atoms with Crippen LogP contribution in [0, 0.1) is 5.92 Å². The molecule has 0 saturated carbocycles. The molecule has 0 aliphatic carbocycles. The minimum Gasteiger partial charge on any atom is -0.497 e. The Bertz CT molecular complexity index is 719. The van der Waals surface area contributed by atoms with E-state index in [1.165, 1.54) is 18.5 Å². The molecule has 4 heteroatoms. The summed E-state index contributed by atoms with van der Waals surface area (Å²) in [5.74, 6) is 1.69. The first-order valence-corrected chi connectivity index (χ1v) is 9.42. The van der Waals surface area contributed by atoms with Gasteiger partial charge in [-0.25, -0.2) is 0 Å². The summed E-state index contributed by atoms with van der Waals surface area (Å²) in [5, 5.41) is 2.99. The van der Waals surface area contributed by atoms with Gasteiger partial charge in [-0.1, -0.05) is 19.1 Å². The Hall–Kier alpha value is -2.49. The highest BCUT2D eigenvalue weighted by molar-refractivity contribution is 5.91. The van der Waals surface area contributed by atoms with Crippen molar-refractivity contribution in [3.05, 3.63) is 54.1 Å². The number of carbonyl (C=O) groups excluding carboxylic acids is 1. The summed E-state index contributed by atoms with van der Waals surface area (Å²) in [7, 11) is 1.65. The van der Waals surface area contributed by atoms with Crippen LogP contribution in [0.15, 0.2) is 48.5 Å². The fraction of sp³-hybridized carbons (Fsp3) is 0.409. The zero-order valence-corrected chi connectivity index (χ0v) is 15.7. The normalized spacial score (nSPS) is 14.9. The lowest BCUT2D eigenvalue weighted by molar-refractivity contribution is -0.116. The molecule has 2 aromatic rings. The Morgan fingerprint density at radius 3 is 2.58 bits per heavy atom. The number of methoxy groups -OCH3 is 1. The second-order valence-corrected chi connectivity index (χ2v) is 7.12. The SMILES string of the molecule is COc1cccc(CCC(=O)Nc2ccc(N3CCC(C)CC3)cc2)c1. The predicted molar refractivity (Wildman–Crippen MR) is 107 cm³/mol. The number of hydrogen-bond acceptors (Lipinski definition) is 3. The molecule has 0 aromatic heterocycles. The maximum absolute atomic E-state index is 12.2. The molecule has 3 rings (SSSR count). The van der Waals surface area contributed by atoms with E-state index in [2.05, 4.69) is 29.3 Å². The molecule has 4 nitrogen and oxygen atoms in total. The van der Waals surface area contributed by atoms with E-state index in [0.717, 1.165) is 36.0 Å². The first-order chi connectivity index (χ1) is 12.6. The molecule has 1 heterocycles. The molecule has 0 bridgehead atoms. The smallest absolute Gasteiger partial charge is 0.224 e. The molecule has 2 aromatic carbocycles. The Morgan fingerprint density at radius 1 is 1.15 bits per heavy atom. The third-order valence-corrected chi connectivity index (χ3v) is 5.07. The van der Waals surface area contributed by atoms with Crippen LogP contribution >= 0.6 is 0 Å². The zero-order valence-electron chi connectivity index (χ0n) is 15.7. The van der Waals surface area contributed by atoms with Crippen molar-refractivity contribution in [2.45, 2.75) is 32.6 Å². The molecule has 0 unspecified atom stereocenters. The van der Waals surface area contributed by atoms with Gasteiger partial charge in [0, 0.05) is 30.9 Å². The van der Waals surface area contributed by atoms with Crippen LogP contribution in [0.25, 0.3) is 0 Å². The second-order valence-electron chi connectivity index (χ2n) is 7.12. The molecule has 0 spiro atoms. The van der Waals surface area contributed by atoms with Gasteiger partial charge in [-0.3, -0.25) is 4.79 Å². The molecule has 1 saturated heterocycles. The van der Waals surface area contributed by atoms with Crippen LogP contribution < -0.4 is 15.0 Å². The number of benzene rings is 2. The van der Waals surface area contributed by atoms with Gasteiger partial charge >= 0.3 is 0 Å². The third kappa shape index (κ3) is 5.01. The lowest BCUT2D eigenvalue weighted by Gasteiger charge is -2.32. The summed E-state index contributed by atoms with van der Waals surface area (Å²) in [6.45, 7) is 4.56. The Kier molecular flexibility index (Phi) is 6.16. The molecule has 1 amide bonds. The van der Waals surface area contributed by atoms with E-state index in [-0.39, 0.29) is 5.91 Å². The number of carbonyl (C=O) groups is 1. The number of aryl methyl sites for hydroxylation is 1. The molecule has 1 fully saturated rings. The number of hydrogen-bond donors (Lipinski definition) is 1. The molecular formula is C22H28N2O2. The van der Waals surface area contributed by atoms with Crippen molar-refractivity contribution in [2.75, 3.05) is 30.4 Å². The van der Waals surface area contributed by atoms with Gasteiger partial charge in [0.2, 0.25) is 5.91 Å². The maximum atomic E-state index is 12.2. The first-order valence-electron chi connectivity index (χ1n) is 9.42. The Labute approximate surface area is 156 Å². The molecule has 1 N–H and O–H groups in total. The van der Waals surface area contributed by atoms with Crippen molar-refractivity contribution in [1.29, 1.82) is 0 Å². The first kappa shape index (κ1) is 18.3. The number of anilines is 2. The molecule has 138 valence electrons. The average Bonchev–Trinajstić information content (AvgIpc) is 2.68. The standard InChI is InChI=1S/C22H28N2O2/c1-17-12-14-24(15-13-17)20-9-7-19(8-10-20)23-22(25)11-6-18-4-3-5-21(16-18)26-2/h3-5,7-10,16-17H,6,11-15H2,1-2H3,(H,23,25). The van der Waals surface area contributed by atoms with Gasteiger partial charge < -0.3 is 15.0 Å². The summed E-state index contributed by atoms with van der Waals surface area (Å²) >= 11 is 0. The van der Waals surface area contributed by atoms with E-state index < -0.39 is 0 Å². The van der Waals surface area contributed by atoms with Crippen LogP contribution in [0.4, 0.5) is 11.4 Å². The number of ether oxygens (including phenoxy) is 1. The largest absolute Gasteiger partial charge is 0.497 e. The zero-order chi connectivity index (χ0) is 18.4. The minimum absolute atomic E-state index is 0.0346. The van der Waals surface area contributed by atoms with E-state index in [1.54, 1.807) is 7.11 Å². The van der Waals surface area contributed by atoms with Crippen LogP contribution in [-0.2, 0) is 11.2 Å². The lowest BCUT2D eigenvalue weighted by atomic mass is 9.99. The van der Waals surface area contributed by atoms with E-state index in [9.17, 15) is 4.79 Å². The Morgan fingerprint density at radius 2 is 1.88 bits per heavy atom. The number of nitrogens with one attached hydrogen (secondary N) is 1. The quantitative estimate of drug-likeness (QED) is 0.832. The number of nitrogens with zero attached hydrogens (tertiary/aromatic N) is 1. The molecule has 1 aliphatic rings. The van der Waals surface area contributed by atoms with Gasteiger partial charge in [-0.15, -0.1) is 0 Å². The van der Waals surface area contributed by atoms with Crippen LogP contribution in [0.2, 0.25) is 0 Å². The van der Waals surface area contributed by atoms with E-state index >= 15 is 0 Å². The summed E-state index contributed by atoms with van der Waals surface area (Å²) in [5.41, 5.74) is 3.20. The molecule has 0 radical (unpaired) electrons. The van der Waals surface area contributed by atoms with Crippen molar-refractivity contribution >= 4 is 17.3 Å². The van der Waals surface area contributed by atoms with Crippen LogP contribution in [0.5, 0.6) is 5.75 Å². The highest BCUT2D eigenvalue weighted by atomic mass is 16.5. The lowest BCUT2D eigenvalue weighted by Crippen LogP contribution is -2.32. The van der Waals surface area contributed by atoms with E-state index in [0.29, 0.717) is 12.8 Å². The van der Waals surface area contributed by atoms with Crippen molar-refractivity contribution < 1.29 is 9.53 Å². The van der Waals surface area contributed by atoms with Gasteiger partial charge in [-0.05, 0) is 67.1 Å². The summed E-state index contributed by atoms with van der Waals surface area (Å²) in [6.07, 6.45) is 3.66. The van der Waals surface area contributed by atoms with Crippen molar-refractivity contribution in [3.8, 4) is 5.75 Å². The number of piperidine rings is 1. The van der Waals surface area contributed by atoms with Crippen LogP contribution in [0.3, 0.4) is 0 Å². The molecule has 1 aliphatic heterocycles. The van der Waals surface area contributed by atoms with Crippen LogP contribution in [-0.4, -0.2) is 26.1 Å². The topological polar surface area (TPSA) is 41.6 Å². The fourth-order valence-electron chi connectivity index (χ4n) is 3.33. The highest BCUT2D eigenvalue weighted by Crippen LogP contribution is 2.24. The molecular weight excluding hydrogens is 324 g/mol. The summed E-state index contributed by atoms with van der Waals surface area (Å²) < 4.78 is 5.22.